The monoisotopic (exact) mass is 366 g/mol. The Kier molecular flexibility index (Phi) is 6.57. The van der Waals surface area contributed by atoms with Gasteiger partial charge >= 0.3 is 6.03 Å². The molecular formula is C21H26N4O2. The van der Waals surface area contributed by atoms with Crippen molar-refractivity contribution >= 4 is 17.6 Å². The first-order valence-corrected chi connectivity index (χ1v) is 9.29. The van der Waals surface area contributed by atoms with E-state index in [1.807, 2.05) is 36.4 Å². The summed E-state index contributed by atoms with van der Waals surface area (Å²) < 4.78 is 0. The van der Waals surface area contributed by atoms with Crippen molar-refractivity contribution in [3.63, 3.8) is 0 Å². The smallest absolute Gasteiger partial charge is 0.325 e. The van der Waals surface area contributed by atoms with Crippen molar-refractivity contribution in [3.8, 4) is 0 Å². The van der Waals surface area contributed by atoms with Crippen molar-refractivity contribution in [2.24, 2.45) is 11.7 Å². The van der Waals surface area contributed by atoms with Gasteiger partial charge in [-0.3, -0.25) is 10.1 Å². The molecule has 2 aromatic carbocycles. The maximum Gasteiger partial charge on any atom is 0.325 e. The molecule has 6 heteroatoms. The van der Waals surface area contributed by atoms with Crippen molar-refractivity contribution in [2.75, 3.05) is 31.5 Å². The largest absolute Gasteiger partial charge is 0.330 e. The van der Waals surface area contributed by atoms with E-state index in [0.717, 1.165) is 13.1 Å². The highest BCUT2D eigenvalue weighted by Gasteiger charge is 2.32. The van der Waals surface area contributed by atoms with Crippen molar-refractivity contribution in [3.05, 3.63) is 66.2 Å². The number of urea groups is 1. The first kappa shape index (κ1) is 19.1. The van der Waals surface area contributed by atoms with Crippen LogP contribution >= 0.6 is 0 Å². The molecule has 0 bridgehead atoms. The topological polar surface area (TPSA) is 87.5 Å². The lowest BCUT2D eigenvalue weighted by Gasteiger charge is -2.16. The number of rotatable bonds is 6. The SMILES string of the molecule is NC[C@@H]1CN(CCC(=O)NC(=O)Nc2ccccc2)C[C@H]1c1ccccc1. The third kappa shape index (κ3) is 5.39. The summed E-state index contributed by atoms with van der Waals surface area (Å²) in [7, 11) is 0. The highest BCUT2D eigenvalue weighted by molar-refractivity contribution is 6.01. The summed E-state index contributed by atoms with van der Waals surface area (Å²) in [5.41, 5.74) is 7.91. The summed E-state index contributed by atoms with van der Waals surface area (Å²) in [6, 6.07) is 18.9. The number of nitrogens with one attached hydrogen (secondary N) is 2. The van der Waals surface area contributed by atoms with Gasteiger partial charge in [0.2, 0.25) is 5.91 Å². The van der Waals surface area contributed by atoms with Gasteiger partial charge < -0.3 is 16.0 Å². The second-order valence-corrected chi connectivity index (χ2v) is 6.89. The van der Waals surface area contributed by atoms with E-state index in [2.05, 4.69) is 27.7 Å². The minimum absolute atomic E-state index is 0.279. The summed E-state index contributed by atoms with van der Waals surface area (Å²) in [5, 5.41) is 5.02. The lowest BCUT2D eigenvalue weighted by molar-refractivity contribution is -0.120. The fourth-order valence-corrected chi connectivity index (χ4v) is 3.59. The molecule has 27 heavy (non-hydrogen) atoms. The minimum Gasteiger partial charge on any atom is -0.330 e. The number of nitrogens with zero attached hydrogens (tertiary/aromatic N) is 1. The molecule has 4 N–H and O–H groups in total. The highest BCUT2D eigenvalue weighted by atomic mass is 16.2. The van der Waals surface area contributed by atoms with Gasteiger partial charge in [0.15, 0.2) is 0 Å². The van der Waals surface area contributed by atoms with Crippen molar-refractivity contribution in [1.82, 2.24) is 10.2 Å². The van der Waals surface area contributed by atoms with Gasteiger partial charge in [0.25, 0.3) is 0 Å². The average Bonchev–Trinajstić information content (AvgIpc) is 3.11. The van der Waals surface area contributed by atoms with Gasteiger partial charge in [0.05, 0.1) is 0 Å². The number of benzene rings is 2. The molecule has 0 unspecified atom stereocenters. The van der Waals surface area contributed by atoms with Gasteiger partial charge in [-0.15, -0.1) is 0 Å². The Balaban J connectivity index is 1.45. The number of amides is 3. The molecule has 1 heterocycles. The van der Waals surface area contributed by atoms with E-state index < -0.39 is 6.03 Å². The summed E-state index contributed by atoms with van der Waals surface area (Å²) >= 11 is 0. The number of nitrogens with two attached hydrogens (primary N) is 1. The molecule has 1 fully saturated rings. The van der Waals surface area contributed by atoms with Crippen LogP contribution in [0.15, 0.2) is 60.7 Å². The van der Waals surface area contributed by atoms with Crippen LogP contribution in [0.3, 0.4) is 0 Å². The molecule has 1 saturated heterocycles. The van der Waals surface area contributed by atoms with Crippen LogP contribution in [0.2, 0.25) is 0 Å². The Morgan fingerprint density at radius 3 is 2.33 bits per heavy atom. The number of imide groups is 1. The Morgan fingerprint density at radius 1 is 1.00 bits per heavy atom. The average molecular weight is 366 g/mol. The highest BCUT2D eigenvalue weighted by Crippen LogP contribution is 2.31. The van der Waals surface area contributed by atoms with E-state index in [-0.39, 0.29) is 12.3 Å². The summed E-state index contributed by atoms with van der Waals surface area (Å²) in [5.74, 6) is 0.494. The molecule has 6 nitrogen and oxygen atoms in total. The first-order valence-electron chi connectivity index (χ1n) is 9.29. The molecule has 1 aliphatic rings. The number of hydrogen-bond acceptors (Lipinski definition) is 4. The predicted molar refractivity (Wildman–Crippen MR) is 106 cm³/mol. The van der Waals surface area contributed by atoms with Crippen molar-refractivity contribution in [1.29, 1.82) is 0 Å². The van der Waals surface area contributed by atoms with Gasteiger partial charge in [-0.1, -0.05) is 48.5 Å². The molecule has 3 rings (SSSR count). The molecule has 0 spiro atoms. The summed E-state index contributed by atoms with van der Waals surface area (Å²) in [6.45, 7) is 3.00. The van der Waals surface area contributed by atoms with Gasteiger partial charge in [-0.2, -0.15) is 0 Å². The lowest BCUT2D eigenvalue weighted by Crippen LogP contribution is -2.36. The standard InChI is InChI=1S/C21H26N4O2/c22-13-17-14-25(15-19(17)16-7-3-1-4-8-16)12-11-20(26)24-21(27)23-18-9-5-2-6-10-18/h1-10,17,19H,11-15,22H2,(H2,23,24,26,27)/t17-,19+/m1/s1. The third-order valence-electron chi connectivity index (χ3n) is 4.99. The zero-order valence-electron chi connectivity index (χ0n) is 15.3. The number of carbonyl (C=O) groups excluding carboxylic acids is 2. The van der Waals surface area contributed by atoms with E-state index in [1.165, 1.54) is 5.56 Å². The first-order chi connectivity index (χ1) is 13.2. The Bertz CT molecular complexity index is 751. The van der Waals surface area contributed by atoms with Crippen LogP contribution < -0.4 is 16.4 Å². The summed E-state index contributed by atoms with van der Waals surface area (Å²) in [6.07, 6.45) is 0.279. The van der Waals surface area contributed by atoms with Crippen LogP contribution in [-0.4, -0.2) is 43.0 Å². The zero-order chi connectivity index (χ0) is 19.1. The Labute approximate surface area is 159 Å². The van der Waals surface area contributed by atoms with Gasteiger partial charge in [0.1, 0.15) is 0 Å². The van der Waals surface area contributed by atoms with E-state index in [4.69, 9.17) is 5.73 Å². The van der Waals surface area contributed by atoms with Crippen LogP contribution in [-0.2, 0) is 4.79 Å². The summed E-state index contributed by atoms with van der Waals surface area (Å²) in [4.78, 5) is 26.2. The van der Waals surface area contributed by atoms with Crippen LogP contribution in [0.25, 0.3) is 0 Å². The molecule has 2 aromatic rings. The van der Waals surface area contributed by atoms with E-state index in [0.29, 0.717) is 30.6 Å². The number of likely N-dealkylation sites (tertiary alicyclic amines) is 1. The third-order valence-corrected chi connectivity index (χ3v) is 4.99. The zero-order valence-corrected chi connectivity index (χ0v) is 15.3. The van der Waals surface area contributed by atoms with Crippen molar-refractivity contribution < 1.29 is 9.59 Å². The van der Waals surface area contributed by atoms with E-state index >= 15 is 0 Å². The van der Waals surface area contributed by atoms with Crippen LogP contribution in [0.5, 0.6) is 0 Å². The fraction of sp³-hybridized carbons (Fsp3) is 0.333. The maximum atomic E-state index is 12.1. The minimum atomic E-state index is -0.505. The number of carbonyl (C=O) groups is 2. The van der Waals surface area contributed by atoms with E-state index in [9.17, 15) is 9.59 Å². The molecule has 0 radical (unpaired) electrons. The Hall–Kier alpha value is -2.70. The van der Waals surface area contributed by atoms with Crippen molar-refractivity contribution in [2.45, 2.75) is 12.3 Å². The molecule has 0 aromatic heterocycles. The Morgan fingerprint density at radius 2 is 1.67 bits per heavy atom. The van der Waals surface area contributed by atoms with Crippen LogP contribution in [0, 0.1) is 5.92 Å². The maximum absolute atomic E-state index is 12.1. The molecule has 142 valence electrons. The second-order valence-electron chi connectivity index (χ2n) is 6.89. The second kappa shape index (κ2) is 9.30. The fourth-order valence-electron chi connectivity index (χ4n) is 3.59. The quantitative estimate of drug-likeness (QED) is 0.733. The molecule has 1 aliphatic heterocycles. The number of para-hydroxylation sites is 1. The molecule has 0 aliphatic carbocycles. The lowest BCUT2D eigenvalue weighted by atomic mass is 9.89. The number of anilines is 1. The predicted octanol–water partition coefficient (Wildman–Crippen LogP) is 2.40. The van der Waals surface area contributed by atoms with Crippen LogP contribution in [0.1, 0.15) is 17.9 Å². The normalized spacial score (nSPS) is 19.6. The van der Waals surface area contributed by atoms with E-state index in [1.54, 1.807) is 12.1 Å². The van der Waals surface area contributed by atoms with Gasteiger partial charge in [-0.25, -0.2) is 4.79 Å². The molecule has 2 atom stereocenters. The number of hydrogen-bond donors (Lipinski definition) is 3. The molecule has 0 saturated carbocycles. The van der Waals surface area contributed by atoms with Crippen LogP contribution in [0.4, 0.5) is 10.5 Å². The van der Waals surface area contributed by atoms with Gasteiger partial charge in [0, 0.05) is 37.7 Å². The molecule has 3 amide bonds. The molecular weight excluding hydrogens is 340 g/mol. The van der Waals surface area contributed by atoms with Gasteiger partial charge in [-0.05, 0) is 30.2 Å².